The van der Waals surface area contributed by atoms with Crippen molar-refractivity contribution in [3.63, 3.8) is 0 Å². The van der Waals surface area contributed by atoms with Crippen LogP contribution in [0.2, 0.25) is 0 Å². The molecule has 1 unspecified atom stereocenters. The van der Waals surface area contributed by atoms with Crippen LogP contribution in [0.25, 0.3) is 0 Å². The van der Waals surface area contributed by atoms with Crippen molar-refractivity contribution in [3.8, 4) is 5.75 Å². The molecule has 1 fully saturated rings. The third-order valence-electron chi connectivity index (χ3n) is 5.75. The van der Waals surface area contributed by atoms with Crippen LogP contribution in [0.3, 0.4) is 0 Å². The van der Waals surface area contributed by atoms with E-state index in [1.807, 2.05) is 24.0 Å². The van der Waals surface area contributed by atoms with Crippen LogP contribution in [-0.4, -0.2) is 55.4 Å². The van der Waals surface area contributed by atoms with Crippen molar-refractivity contribution < 1.29 is 23.0 Å². The third kappa shape index (κ3) is 6.39. The van der Waals surface area contributed by atoms with Gasteiger partial charge in [0.1, 0.15) is 18.5 Å². The normalized spacial score (nSPS) is 16.8. The Kier molecular flexibility index (Phi) is 7.40. The van der Waals surface area contributed by atoms with Gasteiger partial charge < -0.3 is 14.7 Å². The fourth-order valence-corrected chi connectivity index (χ4v) is 3.96. The van der Waals surface area contributed by atoms with E-state index in [1.165, 1.54) is 17.7 Å². The largest absolute Gasteiger partial charge is 0.491 e. The smallest absolute Gasteiger partial charge is 0.416 e. The lowest BCUT2D eigenvalue weighted by Gasteiger charge is -2.37. The second kappa shape index (κ2) is 9.71. The standard InChI is InChI=1S/C25H33F3N2O2/c1-18-8-9-23(22(14-18)24(2,3)4)32-17-21(31)16-29-10-12-30(13-11-29)20-7-5-6-19(15-20)25(26,27)28/h5-9,14-15,21,31H,10-13,16-17H2,1-4H3. The van der Waals surface area contributed by atoms with Gasteiger partial charge in [0.25, 0.3) is 0 Å². The molecule has 7 heteroatoms. The Morgan fingerprint density at radius 2 is 1.69 bits per heavy atom. The lowest BCUT2D eigenvalue weighted by molar-refractivity contribution is -0.137. The lowest BCUT2D eigenvalue weighted by atomic mass is 9.85. The topological polar surface area (TPSA) is 35.9 Å². The van der Waals surface area contributed by atoms with Gasteiger partial charge in [-0.15, -0.1) is 0 Å². The Morgan fingerprint density at radius 1 is 1.00 bits per heavy atom. The number of piperazine rings is 1. The zero-order valence-electron chi connectivity index (χ0n) is 19.2. The number of aliphatic hydroxyl groups excluding tert-OH is 1. The first-order chi connectivity index (χ1) is 14.9. The number of anilines is 1. The number of hydrogen-bond acceptors (Lipinski definition) is 4. The van der Waals surface area contributed by atoms with Crippen LogP contribution >= 0.6 is 0 Å². The Labute approximate surface area is 188 Å². The van der Waals surface area contributed by atoms with Gasteiger partial charge in [-0.2, -0.15) is 13.2 Å². The van der Waals surface area contributed by atoms with Crippen LogP contribution in [0, 0.1) is 6.92 Å². The number of ether oxygens (including phenoxy) is 1. The quantitative estimate of drug-likeness (QED) is 0.681. The minimum absolute atomic E-state index is 0.0634. The van der Waals surface area contributed by atoms with Gasteiger partial charge in [0.05, 0.1) is 5.56 Å². The Morgan fingerprint density at radius 3 is 2.31 bits per heavy atom. The fraction of sp³-hybridized carbons (Fsp3) is 0.520. The first kappa shape index (κ1) is 24.4. The molecule has 0 amide bonds. The van der Waals surface area contributed by atoms with Crippen LogP contribution < -0.4 is 9.64 Å². The highest BCUT2D eigenvalue weighted by Gasteiger charge is 2.31. The van der Waals surface area contributed by atoms with Crippen molar-refractivity contribution >= 4 is 5.69 Å². The molecule has 0 saturated carbocycles. The van der Waals surface area contributed by atoms with Crippen molar-refractivity contribution in [3.05, 3.63) is 59.2 Å². The van der Waals surface area contributed by atoms with Crippen molar-refractivity contribution in [2.24, 2.45) is 0 Å². The predicted octanol–water partition coefficient (Wildman–Crippen LogP) is 4.87. The van der Waals surface area contributed by atoms with Crippen molar-refractivity contribution in [2.75, 3.05) is 44.2 Å². The zero-order valence-corrected chi connectivity index (χ0v) is 19.2. The summed E-state index contributed by atoms with van der Waals surface area (Å²) < 4.78 is 44.9. The molecule has 2 aromatic carbocycles. The van der Waals surface area contributed by atoms with Gasteiger partial charge in [-0.1, -0.05) is 44.5 Å². The molecular formula is C25H33F3N2O2. The molecule has 1 heterocycles. The van der Waals surface area contributed by atoms with Crippen LogP contribution in [0.1, 0.15) is 37.5 Å². The average molecular weight is 451 g/mol. The van der Waals surface area contributed by atoms with Crippen LogP contribution in [0.4, 0.5) is 18.9 Å². The number of hydrogen-bond donors (Lipinski definition) is 1. The number of β-amino-alcohol motifs (C(OH)–C–C–N with tert-alkyl or cyclic N) is 1. The minimum atomic E-state index is -4.34. The highest BCUT2D eigenvalue weighted by molar-refractivity contribution is 5.49. The van der Waals surface area contributed by atoms with Gasteiger partial charge in [-0.25, -0.2) is 0 Å². The molecule has 1 aliphatic heterocycles. The van der Waals surface area contributed by atoms with E-state index in [0.717, 1.165) is 17.4 Å². The van der Waals surface area contributed by atoms with Crippen LogP contribution in [0.15, 0.2) is 42.5 Å². The van der Waals surface area contributed by atoms with E-state index in [2.05, 4.69) is 31.7 Å². The summed E-state index contributed by atoms with van der Waals surface area (Å²) in [5.74, 6) is 0.788. The molecule has 3 rings (SSSR count). The van der Waals surface area contributed by atoms with E-state index in [9.17, 15) is 18.3 Å². The molecule has 0 aliphatic carbocycles. The summed E-state index contributed by atoms with van der Waals surface area (Å²) >= 11 is 0. The zero-order chi connectivity index (χ0) is 23.5. The monoisotopic (exact) mass is 450 g/mol. The van der Waals surface area contributed by atoms with Crippen molar-refractivity contribution in [1.29, 1.82) is 0 Å². The second-order valence-corrected chi connectivity index (χ2v) is 9.55. The van der Waals surface area contributed by atoms with Crippen LogP contribution in [-0.2, 0) is 11.6 Å². The minimum Gasteiger partial charge on any atom is -0.491 e. The summed E-state index contributed by atoms with van der Waals surface area (Å²) in [5, 5.41) is 10.5. The number of aliphatic hydroxyl groups is 1. The number of aryl methyl sites for hydroxylation is 1. The molecule has 1 atom stereocenters. The highest BCUT2D eigenvalue weighted by Crippen LogP contribution is 2.33. The summed E-state index contributed by atoms with van der Waals surface area (Å²) in [5.41, 5.74) is 2.17. The predicted molar refractivity (Wildman–Crippen MR) is 121 cm³/mol. The maximum Gasteiger partial charge on any atom is 0.416 e. The molecular weight excluding hydrogens is 417 g/mol. The SMILES string of the molecule is Cc1ccc(OCC(O)CN2CCN(c3cccc(C(F)(F)F)c3)CC2)c(C(C)(C)C)c1. The van der Waals surface area contributed by atoms with E-state index in [1.54, 1.807) is 6.07 Å². The number of alkyl halides is 3. The summed E-state index contributed by atoms with van der Waals surface area (Å²) in [6.45, 7) is 11.7. The Bertz CT molecular complexity index is 901. The lowest BCUT2D eigenvalue weighted by Crippen LogP contribution is -2.49. The molecule has 176 valence electrons. The molecule has 0 bridgehead atoms. The van der Waals surface area contributed by atoms with E-state index in [-0.39, 0.29) is 12.0 Å². The number of benzene rings is 2. The molecule has 1 N–H and O–H groups in total. The Hall–Kier alpha value is -2.25. The van der Waals surface area contributed by atoms with E-state index < -0.39 is 17.8 Å². The number of rotatable bonds is 6. The van der Waals surface area contributed by atoms with Gasteiger partial charge in [0.15, 0.2) is 0 Å². The summed E-state index contributed by atoms with van der Waals surface area (Å²) in [7, 11) is 0. The van der Waals surface area contributed by atoms with E-state index >= 15 is 0 Å². The van der Waals surface area contributed by atoms with Crippen LogP contribution in [0.5, 0.6) is 5.75 Å². The molecule has 4 nitrogen and oxygen atoms in total. The Balaban J connectivity index is 1.51. The van der Waals surface area contributed by atoms with Gasteiger partial charge >= 0.3 is 6.18 Å². The summed E-state index contributed by atoms with van der Waals surface area (Å²) in [6.07, 6.45) is -4.99. The third-order valence-corrected chi connectivity index (χ3v) is 5.75. The van der Waals surface area contributed by atoms with Crippen molar-refractivity contribution in [1.82, 2.24) is 4.90 Å². The summed E-state index contributed by atoms with van der Waals surface area (Å²) in [6, 6.07) is 11.5. The first-order valence-electron chi connectivity index (χ1n) is 11.0. The molecule has 0 spiro atoms. The van der Waals surface area contributed by atoms with Gasteiger partial charge in [0, 0.05) is 38.4 Å². The molecule has 1 aliphatic rings. The molecule has 1 saturated heterocycles. The first-order valence-corrected chi connectivity index (χ1v) is 11.0. The van der Waals surface area contributed by atoms with Gasteiger partial charge in [-0.3, -0.25) is 4.90 Å². The molecule has 2 aromatic rings. The molecule has 0 aromatic heterocycles. The molecule has 32 heavy (non-hydrogen) atoms. The maximum absolute atomic E-state index is 13.0. The van der Waals surface area contributed by atoms with Gasteiger partial charge in [-0.05, 0) is 42.2 Å². The van der Waals surface area contributed by atoms with E-state index in [0.29, 0.717) is 38.4 Å². The van der Waals surface area contributed by atoms with Crippen molar-refractivity contribution in [2.45, 2.75) is 45.4 Å². The number of nitrogens with zero attached hydrogens (tertiary/aromatic N) is 2. The summed E-state index contributed by atoms with van der Waals surface area (Å²) in [4.78, 5) is 4.08. The number of halogens is 3. The molecule has 0 radical (unpaired) electrons. The van der Waals surface area contributed by atoms with Gasteiger partial charge in [0.2, 0.25) is 0 Å². The van der Waals surface area contributed by atoms with E-state index in [4.69, 9.17) is 4.74 Å². The fourth-order valence-electron chi connectivity index (χ4n) is 3.96. The highest BCUT2D eigenvalue weighted by atomic mass is 19.4. The average Bonchev–Trinajstić information content (AvgIpc) is 2.72. The maximum atomic E-state index is 13.0. The second-order valence-electron chi connectivity index (χ2n) is 9.55.